The molecule has 0 unspecified atom stereocenters. The Morgan fingerprint density at radius 3 is 2.56 bits per heavy atom. The molecule has 10 nitrogen and oxygen atoms in total. The fourth-order valence-corrected chi connectivity index (χ4v) is 4.17. The maximum atomic E-state index is 12.9. The van der Waals surface area contributed by atoms with Crippen LogP contribution in [0.1, 0.15) is 10.4 Å². The summed E-state index contributed by atoms with van der Waals surface area (Å²) in [6.07, 6.45) is 8.32. The van der Waals surface area contributed by atoms with Crippen LogP contribution >= 0.6 is 11.6 Å². The number of hydrogen-bond acceptors (Lipinski definition) is 7. The van der Waals surface area contributed by atoms with E-state index in [1.165, 1.54) is 12.3 Å². The number of nitrogens with zero attached hydrogens (tertiary/aromatic N) is 4. The SMILES string of the molecule is CN(C)CC=CC(=O)Nc1ccc(C(=O)Nc2cccc(Nc3ncc(Cl)c(-c4cnc5[nH]ccc5c4)n3)c2)cc1. The lowest BCUT2D eigenvalue weighted by atomic mass is 10.1. The van der Waals surface area contributed by atoms with E-state index >= 15 is 0 Å². The van der Waals surface area contributed by atoms with E-state index < -0.39 is 0 Å². The lowest BCUT2D eigenvalue weighted by Gasteiger charge is -2.11. The summed E-state index contributed by atoms with van der Waals surface area (Å²) in [6.45, 7) is 0.667. The summed E-state index contributed by atoms with van der Waals surface area (Å²) >= 11 is 6.40. The van der Waals surface area contributed by atoms with Gasteiger partial charge in [0.2, 0.25) is 11.9 Å². The molecular formula is C30H27ClN8O2. The standard InChI is InChI=1S/C30H27ClN8O2/c1-39(2)14-4-7-26(40)35-22-10-8-19(9-11-22)29(41)36-23-5-3-6-24(16-23)37-30-34-18-25(31)27(38-30)21-15-20-12-13-32-28(20)33-17-21/h3-13,15-18H,14H2,1-2H3,(H,32,33)(H,35,40)(H,36,41)(H,34,37,38). The van der Waals surface area contributed by atoms with Crippen LogP contribution in [0.25, 0.3) is 22.3 Å². The molecule has 206 valence electrons. The molecule has 5 aromatic rings. The molecule has 0 aliphatic heterocycles. The summed E-state index contributed by atoms with van der Waals surface area (Å²) in [5.41, 5.74) is 4.40. The lowest BCUT2D eigenvalue weighted by molar-refractivity contribution is -0.111. The number of rotatable bonds is 9. The molecular weight excluding hydrogens is 540 g/mol. The van der Waals surface area contributed by atoms with Crippen molar-refractivity contribution in [2.45, 2.75) is 0 Å². The molecule has 0 aliphatic carbocycles. The average molecular weight is 567 g/mol. The minimum absolute atomic E-state index is 0.233. The number of nitrogens with one attached hydrogen (secondary N) is 4. The monoisotopic (exact) mass is 566 g/mol. The first-order valence-electron chi connectivity index (χ1n) is 12.7. The fourth-order valence-electron chi connectivity index (χ4n) is 3.97. The molecule has 3 heterocycles. The van der Waals surface area contributed by atoms with Crippen LogP contribution in [0.5, 0.6) is 0 Å². The van der Waals surface area contributed by atoms with Crippen LogP contribution in [0, 0.1) is 0 Å². The topological polar surface area (TPSA) is 128 Å². The molecule has 3 aromatic heterocycles. The predicted octanol–water partition coefficient (Wildman–Crippen LogP) is 5.73. The van der Waals surface area contributed by atoms with Gasteiger partial charge < -0.3 is 25.8 Å². The van der Waals surface area contributed by atoms with E-state index in [1.54, 1.807) is 54.7 Å². The number of amides is 2. The van der Waals surface area contributed by atoms with Crippen molar-refractivity contribution in [1.82, 2.24) is 24.8 Å². The number of pyridine rings is 1. The zero-order chi connectivity index (χ0) is 28.8. The number of aromatic amines is 1. The van der Waals surface area contributed by atoms with Crippen LogP contribution < -0.4 is 16.0 Å². The van der Waals surface area contributed by atoms with E-state index in [9.17, 15) is 9.59 Å². The van der Waals surface area contributed by atoms with Gasteiger partial charge in [0.15, 0.2) is 0 Å². The highest BCUT2D eigenvalue weighted by Gasteiger charge is 2.12. The van der Waals surface area contributed by atoms with E-state index in [0.717, 1.165) is 16.6 Å². The molecule has 2 amide bonds. The Hall–Kier alpha value is -5.06. The minimum atomic E-state index is -0.288. The molecule has 41 heavy (non-hydrogen) atoms. The van der Waals surface area contributed by atoms with Crippen molar-refractivity contribution < 1.29 is 9.59 Å². The zero-order valence-corrected chi connectivity index (χ0v) is 23.1. The first kappa shape index (κ1) is 27.5. The molecule has 4 N–H and O–H groups in total. The Balaban J connectivity index is 1.23. The Bertz CT molecular complexity index is 1730. The number of halogens is 1. The van der Waals surface area contributed by atoms with Gasteiger partial charge in [0.05, 0.1) is 16.9 Å². The molecule has 0 aliphatic rings. The third kappa shape index (κ3) is 7.13. The van der Waals surface area contributed by atoms with Gasteiger partial charge in [0, 0.05) is 58.6 Å². The van der Waals surface area contributed by atoms with Crippen LogP contribution in [0.4, 0.5) is 23.0 Å². The van der Waals surface area contributed by atoms with Crippen molar-refractivity contribution in [3.8, 4) is 11.3 Å². The second-order valence-corrected chi connectivity index (χ2v) is 9.83. The summed E-state index contributed by atoms with van der Waals surface area (Å²) in [5, 5.41) is 10.2. The minimum Gasteiger partial charge on any atom is -0.346 e. The highest BCUT2D eigenvalue weighted by molar-refractivity contribution is 6.33. The maximum Gasteiger partial charge on any atom is 0.255 e. The van der Waals surface area contributed by atoms with Crippen LogP contribution in [0.15, 0.2) is 91.4 Å². The van der Waals surface area contributed by atoms with Gasteiger partial charge in [-0.25, -0.2) is 15.0 Å². The molecule has 2 aromatic carbocycles. The van der Waals surface area contributed by atoms with Crippen molar-refractivity contribution >= 4 is 57.5 Å². The Morgan fingerprint density at radius 1 is 0.951 bits per heavy atom. The van der Waals surface area contributed by atoms with Gasteiger partial charge in [-0.05, 0) is 68.7 Å². The number of carbonyl (C=O) groups excluding carboxylic acids is 2. The van der Waals surface area contributed by atoms with E-state index in [4.69, 9.17) is 11.6 Å². The van der Waals surface area contributed by atoms with Gasteiger partial charge >= 0.3 is 0 Å². The largest absolute Gasteiger partial charge is 0.346 e. The Labute approximate surface area is 241 Å². The summed E-state index contributed by atoms with van der Waals surface area (Å²) in [4.78, 5) is 43.2. The van der Waals surface area contributed by atoms with Crippen molar-refractivity contribution in [3.05, 3.63) is 102 Å². The van der Waals surface area contributed by atoms with Crippen LogP contribution in [-0.4, -0.2) is 57.3 Å². The molecule has 11 heteroatoms. The number of carbonyl (C=O) groups is 2. The summed E-state index contributed by atoms with van der Waals surface area (Å²) < 4.78 is 0. The lowest BCUT2D eigenvalue weighted by Crippen LogP contribution is -2.13. The van der Waals surface area contributed by atoms with Gasteiger partial charge in [-0.3, -0.25) is 9.59 Å². The number of likely N-dealkylation sites (N-methyl/N-ethyl adjacent to an activating group) is 1. The molecule has 5 rings (SSSR count). The van der Waals surface area contributed by atoms with E-state index in [1.807, 2.05) is 43.4 Å². The molecule has 0 fully saturated rings. The molecule has 0 bridgehead atoms. The molecule has 0 saturated heterocycles. The smallest absolute Gasteiger partial charge is 0.255 e. The van der Waals surface area contributed by atoms with E-state index in [2.05, 4.69) is 35.9 Å². The number of hydrogen-bond donors (Lipinski definition) is 4. The van der Waals surface area contributed by atoms with Gasteiger partial charge in [-0.15, -0.1) is 0 Å². The van der Waals surface area contributed by atoms with E-state index in [-0.39, 0.29) is 11.8 Å². The average Bonchev–Trinajstić information content (AvgIpc) is 3.42. The first-order valence-corrected chi connectivity index (χ1v) is 13.1. The van der Waals surface area contributed by atoms with Crippen LogP contribution in [0.2, 0.25) is 5.02 Å². The predicted molar refractivity (Wildman–Crippen MR) is 163 cm³/mol. The Kier molecular flexibility index (Phi) is 8.33. The van der Waals surface area contributed by atoms with Crippen LogP contribution in [-0.2, 0) is 4.79 Å². The molecule has 0 spiro atoms. The third-order valence-corrected chi connectivity index (χ3v) is 6.23. The number of anilines is 4. The second kappa shape index (κ2) is 12.4. The van der Waals surface area contributed by atoms with Gasteiger partial charge in [-0.2, -0.15) is 0 Å². The number of benzene rings is 2. The van der Waals surface area contributed by atoms with Crippen molar-refractivity contribution in [2.24, 2.45) is 0 Å². The molecule has 0 atom stereocenters. The summed E-state index contributed by atoms with van der Waals surface area (Å²) in [7, 11) is 3.85. The van der Waals surface area contributed by atoms with E-state index in [0.29, 0.717) is 45.8 Å². The van der Waals surface area contributed by atoms with Gasteiger partial charge in [0.1, 0.15) is 5.65 Å². The van der Waals surface area contributed by atoms with Crippen molar-refractivity contribution in [1.29, 1.82) is 0 Å². The number of H-pyrrole nitrogens is 1. The first-order chi connectivity index (χ1) is 19.8. The third-order valence-electron chi connectivity index (χ3n) is 5.95. The normalized spacial score (nSPS) is 11.2. The summed E-state index contributed by atoms with van der Waals surface area (Å²) in [5.74, 6) is -0.177. The number of fused-ring (bicyclic) bond motifs is 1. The van der Waals surface area contributed by atoms with Crippen molar-refractivity contribution in [2.75, 3.05) is 36.6 Å². The van der Waals surface area contributed by atoms with Gasteiger partial charge in [-0.1, -0.05) is 23.7 Å². The van der Waals surface area contributed by atoms with Crippen LogP contribution in [0.3, 0.4) is 0 Å². The quantitative estimate of drug-likeness (QED) is 0.168. The zero-order valence-electron chi connectivity index (χ0n) is 22.4. The summed E-state index contributed by atoms with van der Waals surface area (Å²) in [6, 6.07) is 17.8. The number of aromatic nitrogens is 4. The Morgan fingerprint density at radius 2 is 1.76 bits per heavy atom. The second-order valence-electron chi connectivity index (χ2n) is 9.42. The highest BCUT2D eigenvalue weighted by atomic mass is 35.5. The highest BCUT2D eigenvalue weighted by Crippen LogP contribution is 2.29. The molecule has 0 saturated carbocycles. The fraction of sp³-hybridized carbons (Fsp3) is 0.100. The van der Waals surface area contributed by atoms with Crippen molar-refractivity contribution in [3.63, 3.8) is 0 Å². The maximum absolute atomic E-state index is 12.9. The molecule has 0 radical (unpaired) electrons. The van der Waals surface area contributed by atoms with Gasteiger partial charge in [0.25, 0.3) is 5.91 Å².